The second-order valence-electron chi connectivity index (χ2n) is 3.75. The van der Waals surface area contributed by atoms with E-state index in [1.165, 1.54) is 13.0 Å². The van der Waals surface area contributed by atoms with Crippen molar-refractivity contribution in [3.8, 4) is 0 Å². The summed E-state index contributed by atoms with van der Waals surface area (Å²) >= 11 is 0. The highest BCUT2D eigenvalue weighted by Gasteiger charge is 2.20. The number of rotatable bonds is 2. The van der Waals surface area contributed by atoms with Gasteiger partial charge in [0.25, 0.3) is 5.91 Å². The van der Waals surface area contributed by atoms with Gasteiger partial charge in [-0.05, 0) is 25.5 Å². The summed E-state index contributed by atoms with van der Waals surface area (Å²) in [5, 5.41) is 8.37. The van der Waals surface area contributed by atoms with Gasteiger partial charge in [0, 0.05) is 0 Å². The van der Waals surface area contributed by atoms with Gasteiger partial charge in [0.15, 0.2) is 0 Å². The molecule has 0 aliphatic carbocycles. The molecule has 1 amide bonds. The highest BCUT2D eigenvalue weighted by molar-refractivity contribution is 6.03. The van der Waals surface area contributed by atoms with E-state index in [9.17, 15) is 13.6 Å². The number of nitrogens with one attached hydrogen (secondary N) is 2. The van der Waals surface area contributed by atoms with Crippen LogP contribution in [0.5, 0.6) is 0 Å². The third kappa shape index (κ3) is 2.20. The number of hydrogen-bond acceptors (Lipinski definition) is 3. The molecule has 2 aromatic rings. The van der Waals surface area contributed by atoms with E-state index in [1.807, 2.05) is 0 Å². The molecule has 94 valence electrons. The monoisotopic (exact) mass is 252 g/mol. The summed E-state index contributed by atoms with van der Waals surface area (Å²) in [4.78, 5) is 15.5. The van der Waals surface area contributed by atoms with Gasteiger partial charge in [0.05, 0.1) is 0 Å². The van der Waals surface area contributed by atoms with Crippen LogP contribution in [-0.4, -0.2) is 21.1 Å². The number of hydrogen-bond donors (Lipinski definition) is 2. The number of carbonyl (C=O) groups excluding carboxylic acids is 1. The Morgan fingerprint density at radius 1 is 1.33 bits per heavy atom. The molecule has 0 atom stereocenters. The fourth-order valence-corrected chi connectivity index (χ4v) is 1.43. The molecule has 0 unspecified atom stereocenters. The summed E-state index contributed by atoms with van der Waals surface area (Å²) in [6, 6.07) is 2.30. The first-order valence-corrected chi connectivity index (χ1v) is 5.14. The summed E-state index contributed by atoms with van der Waals surface area (Å²) in [5.74, 6) is -2.29. The lowest BCUT2D eigenvalue weighted by atomic mass is 10.1. The van der Waals surface area contributed by atoms with Crippen molar-refractivity contribution in [1.29, 1.82) is 0 Å². The van der Waals surface area contributed by atoms with Crippen molar-refractivity contribution < 1.29 is 13.6 Å². The molecule has 1 aromatic carbocycles. The van der Waals surface area contributed by atoms with Crippen LogP contribution in [0, 0.1) is 25.5 Å². The van der Waals surface area contributed by atoms with Crippen LogP contribution in [-0.2, 0) is 0 Å². The molecule has 0 bridgehead atoms. The number of halogens is 2. The van der Waals surface area contributed by atoms with E-state index in [0.717, 1.165) is 6.07 Å². The van der Waals surface area contributed by atoms with Crippen molar-refractivity contribution in [1.82, 2.24) is 15.2 Å². The second kappa shape index (κ2) is 4.52. The van der Waals surface area contributed by atoms with Crippen LogP contribution in [0.15, 0.2) is 12.1 Å². The van der Waals surface area contributed by atoms with E-state index in [2.05, 4.69) is 20.5 Å². The molecule has 2 rings (SSSR count). The van der Waals surface area contributed by atoms with Gasteiger partial charge in [-0.15, -0.1) is 5.10 Å². The van der Waals surface area contributed by atoms with E-state index in [-0.39, 0.29) is 11.5 Å². The number of benzene rings is 1. The predicted molar refractivity (Wildman–Crippen MR) is 60.2 cm³/mol. The Morgan fingerprint density at radius 3 is 2.67 bits per heavy atom. The number of carbonyl (C=O) groups is 1. The van der Waals surface area contributed by atoms with Gasteiger partial charge in [-0.3, -0.25) is 15.2 Å². The van der Waals surface area contributed by atoms with Gasteiger partial charge in [0.2, 0.25) is 5.95 Å². The van der Waals surface area contributed by atoms with Gasteiger partial charge >= 0.3 is 0 Å². The largest absolute Gasteiger partial charge is 0.289 e. The van der Waals surface area contributed by atoms with Crippen molar-refractivity contribution in [2.45, 2.75) is 13.8 Å². The third-order valence-corrected chi connectivity index (χ3v) is 2.33. The highest BCUT2D eigenvalue weighted by atomic mass is 19.1. The molecule has 0 aliphatic rings. The number of nitrogens with zero attached hydrogens (tertiary/aromatic N) is 2. The summed E-state index contributed by atoms with van der Waals surface area (Å²) in [5.41, 5.74) is -0.454. The van der Waals surface area contributed by atoms with E-state index in [4.69, 9.17) is 0 Å². The molecule has 0 radical (unpaired) electrons. The van der Waals surface area contributed by atoms with Gasteiger partial charge in [-0.25, -0.2) is 8.78 Å². The zero-order valence-corrected chi connectivity index (χ0v) is 9.71. The van der Waals surface area contributed by atoms with Crippen LogP contribution < -0.4 is 5.32 Å². The average molecular weight is 252 g/mol. The summed E-state index contributed by atoms with van der Waals surface area (Å²) in [7, 11) is 0. The lowest BCUT2D eigenvalue weighted by Crippen LogP contribution is -2.17. The summed E-state index contributed by atoms with van der Waals surface area (Å²) < 4.78 is 27.1. The smallest absolute Gasteiger partial charge is 0.264 e. The molecular formula is C11H10F2N4O. The standard InChI is InChI=1S/C11H10F2N4O/c1-5-3-4-7(12)8(9(5)13)10(18)15-11-14-6(2)16-17-11/h3-4H,1-2H3,(H2,14,15,16,17,18). The first-order valence-electron chi connectivity index (χ1n) is 5.14. The minimum absolute atomic E-state index is 0.0298. The summed E-state index contributed by atoms with van der Waals surface area (Å²) in [6.45, 7) is 3.08. The Bertz CT molecular complexity index is 609. The minimum Gasteiger partial charge on any atom is -0.289 e. The normalized spacial score (nSPS) is 10.4. The molecule has 0 aliphatic heterocycles. The maximum Gasteiger partial charge on any atom is 0.264 e. The Labute approximate surface area is 101 Å². The van der Waals surface area contributed by atoms with Crippen molar-refractivity contribution in [2.24, 2.45) is 0 Å². The predicted octanol–water partition coefficient (Wildman–Crippen LogP) is 1.95. The molecule has 18 heavy (non-hydrogen) atoms. The third-order valence-electron chi connectivity index (χ3n) is 2.33. The fourth-order valence-electron chi connectivity index (χ4n) is 1.43. The topological polar surface area (TPSA) is 70.7 Å². The van der Waals surface area contributed by atoms with Gasteiger partial charge < -0.3 is 0 Å². The first-order chi connectivity index (χ1) is 8.49. The Balaban J connectivity index is 2.32. The van der Waals surface area contributed by atoms with Gasteiger partial charge in [0.1, 0.15) is 23.0 Å². The number of aromatic amines is 1. The highest BCUT2D eigenvalue weighted by Crippen LogP contribution is 2.17. The van der Waals surface area contributed by atoms with E-state index in [0.29, 0.717) is 5.82 Å². The lowest BCUT2D eigenvalue weighted by Gasteiger charge is -2.06. The SMILES string of the molecule is Cc1nc(NC(=O)c2c(F)ccc(C)c2F)n[nH]1. The number of amides is 1. The average Bonchev–Trinajstić information content (AvgIpc) is 2.70. The van der Waals surface area contributed by atoms with E-state index in [1.54, 1.807) is 6.92 Å². The zero-order valence-electron chi connectivity index (χ0n) is 9.71. The Hall–Kier alpha value is -2.31. The molecule has 7 heteroatoms. The Kier molecular flexibility index (Phi) is 3.05. The van der Waals surface area contributed by atoms with Crippen LogP contribution >= 0.6 is 0 Å². The molecule has 0 fully saturated rings. The molecular weight excluding hydrogens is 242 g/mol. The maximum absolute atomic E-state index is 13.7. The number of aryl methyl sites for hydroxylation is 2. The number of aromatic nitrogens is 3. The second-order valence-corrected chi connectivity index (χ2v) is 3.75. The van der Waals surface area contributed by atoms with Crippen LogP contribution in [0.25, 0.3) is 0 Å². The molecule has 1 heterocycles. The van der Waals surface area contributed by atoms with E-state index < -0.39 is 23.1 Å². The quantitative estimate of drug-likeness (QED) is 0.858. The van der Waals surface area contributed by atoms with Crippen molar-refractivity contribution >= 4 is 11.9 Å². The molecule has 5 nitrogen and oxygen atoms in total. The molecule has 0 saturated heterocycles. The van der Waals surface area contributed by atoms with Crippen LogP contribution in [0.3, 0.4) is 0 Å². The van der Waals surface area contributed by atoms with Crippen molar-refractivity contribution in [3.63, 3.8) is 0 Å². The lowest BCUT2D eigenvalue weighted by molar-refractivity contribution is 0.101. The Morgan fingerprint density at radius 2 is 2.06 bits per heavy atom. The molecule has 0 saturated carbocycles. The molecule has 0 spiro atoms. The first kappa shape index (κ1) is 12.2. The van der Waals surface area contributed by atoms with Gasteiger partial charge in [-0.1, -0.05) is 6.07 Å². The van der Waals surface area contributed by atoms with Crippen molar-refractivity contribution in [2.75, 3.05) is 5.32 Å². The van der Waals surface area contributed by atoms with Crippen molar-refractivity contribution in [3.05, 3.63) is 40.7 Å². The van der Waals surface area contributed by atoms with Gasteiger partial charge in [-0.2, -0.15) is 4.98 Å². The molecule has 2 N–H and O–H groups in total. The van der Waals surface area contributed by atoms with Crippen LogP contribution in [0.1, 0.15) is 21.7 Å². The maximum atomic E-state index is 13.7. The fraction of sp³-hybridized carbons (Fsp3) is 0.182. The molecule has 1 aromatic heterocycles. The van der Waals surface area contributed by atoms with Crippen LogP contribution in [0.2, 0.25) is 0 Å². The zero-order chi connectivity index (χ0) is 13.3. The minimum atomic E-state index is -0.928. The number of H-pyrrole nitrogens is 1. The van der Waals surface area contributed by atoms with E-state index >= 15 is 0 Å². The summed E-state index contributed by atoms with van der Waals surface area (Å²) in [6.07, 6.45) is 0. The number of anilines is 1. The van der Waals surface area contributed by atoms with Crippen LogP contribution in [0.4, 0.5) is 14.7 Å².